The number of hydrogen-bond acceptors (Lipinski definition) is 3. The average molecular weight is 328 g/mol. The maximum absolute atomic E-state index is 12.3. The molecule has 2 aromatic rings. The first-order chi connectivity index (χ1) is 11.1. The van der Waals surface area contributed by atoms with Crippen molar-refractivity contribution in [2.45, 2.75) is 24.5 Å². The molecule has 0 spiro atoms. The quantitative estimate of drug-likeness (QED) is 0.875. The standard InChI is InChI=1S/C19H18ClNO2/c20-16-3-1-2-14(9-16)18(22)8-13-4-6-15(7-5-13)19-10-17(11-23-19)21-12-19/h1-7,9,17,21H,8,10-12H2/t17-,19-/m1/s1. The summed E-state index contributed by atoms with van der Waals surface area (Å²) >= 11 is 5.95. The Balaban J connectivity index is 1.49. The van der Waals surface area contributed by atoms with E-state index in [1.807, 2.05) is 12.1 Å². The van der Waals surface area contributed by atoms with Crippen LogP contribution in [0.15, 0.2) is 48.5 Å². The van der Waals surface area contributed by atoms with Crippen molar-refractivity contribution in [2.24, 2.45) is 0 Å². The molecule has 118 valence electrons. The van der Waals surface area contributed by atoms with E-state index >= 15 is 0 Å². The molecule has 2 aromatic carbocycles. The van der Waals surface area contributed by atoms with Crippen LogP contribution in [0.5, 0.6) is 0 Å². The van der Waals surface area contributed by atoms with Gasteiger partial charge in [-0.2, -0.15) is 0 Å². The number of Topliss-reactive ketones (excluding diaryl/α,β-unsaturated/α-hetero) is 1. The molecule has 0 radical (unpaired) electrons. The molecule has 0 saturated carbocycles. The predicted molar refractivity (Wildman–Crippen MR) is 90.0 cm³/mol. The molecule has 2 fully saturated rings. The minimum Gasteiger partial charge on any atom is -0.367 e. The van der Waals surface area contributed by atoms with Crippen LogP contribution in [-0.2, 0) is 16.8 Å². The first-order valence-corrected chi connectivity index (χ1v) is 8.28. The number of ketones is 1. The van der Waals surface area contributed by atoms with Crippen molar-refractivity contribution in [1.29, 1.82) is 0 Å². The lowest BCUT2D eigenvalue weighted by Crippen LogP contribution is -2.37. The molecule has 23 heavy (non-hydrogen) atoms. The lowest BCUT2D eigenvalue weighted by molar-refractivity contribution is -0.00959. The molecule has 3 nitrogen and oxygen atoms in total. The maximum Gasteiger partial charge on any atom is 0.167 e. The summed E-state index contributed by atoms with van der Waals surface area (Å²) in [5.74, 6) is 0.0816. The highest BCUT2D eigenvalue weighted by Crippen LogP contribution is 2.40. The molecular weight excluding hydrogens is 310 g/mol. The lowest BCUT2D eigenvalue weighted by Gasteiger charge is -2.27. The second-order valence-corrected chi connectivity index (χ2v) is 6.83. The first kappa shape index (κ1) is 14.9. The summed E-state index contributed by atoms with van der Waals surface area (Å²) in [5, 5.41) is 4.07. The average Bonchev–Trinajstić information content (AvgIpc) is 3.17. The monoisotopic (exact) mass is 327 g/mol. The van der Waals surface area contributed by atoms with Crippen LogP contribution in [0.4, 0.5) is 0 Å². The van der Waals surface area contributed by atoms with Crippen LogP contribution >= 0.6 is 11.6 Å². The first-order valence-electron chi connectivity index (χ1n) is 7.90. The van der Waals surface area contributed by atoms with Crippen LogP contribution in [0.2, 0.25) is 5.02 Å². The highest BCUT2D eigenvalue weighted by Gasteiger charge is 2.47. The molecule has 2 atom stereocenters. The fourth-order valence-corrected chi connectivity index (χ4v) is 3.71. The number of nitrogens with one attached hydrogen (secondary N) is 1. The van der Waals surface area contributed by atoms with E-state index in [0.29, 0.717) is 23.0 Å². The second kappa shape index (κ2) is 5.75. The number of carbonyl (C=O) groups is 1. The molecule has 0 unspecified atom stereocenters. The van der Waals surface area contributed by atoms with E-state index < -0.39 is 0 Å². The number of fused-ring (bicyclic) bond motifs is 2. The van der Waals surface area contributed by atoms with Crippen LogP contribution < -0.4 is 5.32 Å². The molecule has 0 aromatic heterocycles. The van der Waals surface area contributed by atoms with E-state index in [9.17, 15) is 4.79 Å². The van der Waals surface area contributed by atoms with Gasteiger partial charge in [0.1, 0.15) is 5.60 Å². The van der Waals surface area contributed by atoms with Crippen LogP contribution in [0.25, 0.3) is 0 Å². The van der Waals surface area contributed by atoms with Gasteiger partial charge in [0.05, 0.1) is 6.61 Å². The number of rotatable bonds is 4. The van der Waals surface area contributed by atoms with E-state index in [1.165, 1.54) is 5.56 Å². The van der Waals surface area contributed by atoms with Crippen molar-refractivity contribution in [2.75, 3.05) is 13.2 Å². The fourth-order valence-electron chi connectivity index (χ4n) is 3.52. The molecule has 0 aliphatic carbocycles. The Morgan fingerprint density at radius 2 is 2.09 bits per heavy atom. The fraction of sp³-hybridized carbons (Fsp3) is 0.316. The Morgan fingerprint density at radius 1 is 1.26 bits per heavy atom. The third-order valence-corrected chi connectivity index (χ3v) is 5.04. The largest absolute Gasteiger partial charge is 0.367 e. The van der Waals surface area contributed by atoms with Gasteiger partial charge in [-0.1, -0.05) is 48.0 Å². The maximum atomic E-state index is 12.3. The summed E-state index contributed by atoms with van der Waals surface area (Å²) in [6, 6.07) is 15.8. The number of benzene rings is 2. The van der Waals surface area contributed by atoms with Gasteiger partial charge in [-0.3, -0.25) is 4.79 Å². The Kier molecular flexibility index (Phi) is 3.72. The van der Waals surface area contributed by atoms with Crippen molar-refractivity contribution >= 4 is 17.4 Å². The number of hydrogen-bond donors (Lipinski definition) is 1. The van der Waals surface area contributed by atoms with Gasteiger partial charge in [0.25, 0.3) is 0 Å². The number of halogens is 1. The zero-order valence-electron chi connectivity index (χ0n) is 12.7. The van der Waals surface area contributed by atoms with Crippen LogP contribution in [0.1, 0.15) is 27.9 Å². The van der Waals surface area contributed by atoms with Crippen molar-refractivity contribution < 1.29 is 9.53 Å². The molecule has 2 aliphatic rings. The minimum absolute atomic E-state index is 0.0816. The van der Waals surface area contributed by atoms with Crippen LogP contribution in [-0.4, -0.2) is 25.0 Å². The number of carbonyl (C=O) groups excluding carboxylic acids is 1. The summed E-state index contributed by atoms with van der Waals surface area (Å²) in [6.07, 6.45) is 1.42. The highest BCUT2D eigenvalue weighted by atomic mass is 35.5. The normalized spacial score (nSPS) is 25.7. The Labute approximate surface area is 140 Å². The third kappa shape index (κ3) is 2.80. The Bertz CT molecular complexity index is 733. The van der Waals surface area contributed by atoms with Gasteiger partial charge in [0.2, 0.25) is 0 Å². The van der Waals surface area contributed by atoms with Gasteiger partial charge in [0, 0.05) is 29.6 Å². The van der Waals surface area contributed by atoms with E-state index in [0.717, 1.165) is 25.1 Å². The van der Waals surface area contributed by atoms with E-state index in [1.54, 1.807) is 24.3 Å². The van der Waals surface area contributed by atoms with Crippen molar-refractivity contribution in [3.05, 3.63) is 70.2 Å². The van der Waals surface area contributed by atoms with Gasteiger partial charge >= 0.3 is 0 Å². The van der Waals surface area contributed by atoms with Crippen molar-refractivity contribution in [1.82, 2.24) is 5.32 Å². The van der Waals surface area contributed by atoms with E-state index in [4.69, 9.17) is 16.3 Å². The summed E-state index contributed by atoms with van der Waals surface area (Å²) in [4.78, 5) is 12.3. The third-order valence-electron chi connectivity index (χ3n) is 4.80. The molecule has 2 heterocycles. The summed E-state index contributed by atoms with van der Waals surface area (Å²) in [6.45, 7) is 1.66. The molecule has 1 N–H and O–H groups in total. The molecular formula is C19H18ClNO2. The van der Waals surface area contributed by atoms with Crippen LogP contribution in [0, 0.1) is 0 Å². The van der Waals surface area contributed by atoms with Gasteiger partial charge in [-0.05, 0) is 29.7 Å². The van der Waals surface area contributed by atoms with Gasteiger partial charge in [-0.15, -0.1) is 0 Å². The highest BCUT2D eigenvalue weighted by molar-refractivity contribution is 6.31. The molecule has 2 bridgehead atoms. The summed E-state index contributed by atoms with van der Waals surface area (Å²) < 4.78 is 5.98. The minimum atomic E-state index is -0.167. The van der Waals surface area contributed by atoms with E-state index in [-0.39, 0.29) is 11.4 Å². The zero-order valence-corrected chi connectivity index (χ0v) is 13.5. The SMILES string of the molecule is O=C(Cc1ccc([C@@]23CN[C@@H](CO2)C3)cc1)c1cccc(Cl)c1. The van der Waals surface area contributed by atoms with Crippen molar-refractivity contribution in [3.8, 4) is 0 Å². The van der Waals surface area contributed by atoms with Gasteiger partial charge in [0.15, 0.2) is 5.78 Å². The predicted octanol–water partition coefficient (Wildman–Crippen LogP) is 3.35. The van der Waals surface area contributed by atoms with Crippen LogP contribution in [0.3, 0.4) is 0 Å². The molecule has 4 heteroatoms. The zero-order chi connectivity index (χ0) is 15.9. The Morgan fingerprint density at radius 3 is 2.70 bits per heavy atom. The summed E-state index contributed by atoms with van der Waals surface area (Å²) in [7, 11) is 0. The lowest BCUT2D eigenvalue weighted by atomic mass is 9.91. The molecule has 4 rings (SSSR count). The number of ether oxygens (including phenoxy) is 1. The second-order valence-electron chi connectivity index (χ2n) is 6.39. The smallest absolute Gasteiger partial charge is 0.167 e. The summed E-state index contributed by atoms with van der Waals surface area (Å²) in [5.41, 5.74) is 2.70. The van der Waals surface area contributed by atoms with Gasteiger partial charge < -0.3 is 10.1 Å². The molecule has 0 amide bonds. The van der Waals surface area contributed by atoms with Gasteiger partial charge in [-0.25, -0.2) is 0 Å². The molecule has 2 saturated heterocycles. The Hall–Kier alpha value is -1.68. The van der Waals surface area contributed by atoms with Crippen molar-refractivity contribution in [3.63, 3.8) is 0 Å². The topological polar surface area (TPSA) is 38.3 Å². The molecule has 2 aliphatic heterocycles. The van der Waals surface area contributed by atoms with E-state index in [2.05, 4.69) is 17.4 Å². The number of morpholine rings is 1.